The summed E-state index contributed by atoms with van der Waals surface area (Å²) in [4.78, 5) is 10.5. The molecule has 1 aromatic heterocycles. The highest BCUT2D eigenvalue weighted by atomic mass is 15.2. The molecular formula is C10H17N3. The Bertz CT molecular complexity index is 260. The van der Waals surface area contributed by atoms with E-state index in [9.17, 15) is 0 Å². The summed E-state index contributed by atoms with van der Waals surface area (Å²) in [6.45, 7) is 8.31. The number of fused-ring (bicyclic) bond motifs is 1. The highest BCUT2D eigenvalue weighted by Gasteiger charge is 2.17. The van der Waals surface area contributed by atoms with E-state index in [1.54, 1.807) is 6.33 Å². The molecule has 72 valence electrons. The lowest BCUT2D eigenvalue weighted by molar-refractivity contribution is 0.864. The standard InChI is InChI=1S/C8H11N3.C2H6/c1-2-11-4-3-7-8(11)5-9-6-10-7;1-2/h5-6H,2-4H2,1H3;1-2H3. The molecule has 0 spiro atoms. The van der Waals surface area contributed by atoms with Crippen LogP contribution in [0.1, 0.15) is 26.5 Å². The van der Waals surface area contributed by atoms with Gasteiger partial charge in [-0.3, -0.25) is 0 Å². The van der Waals surface area contributed by atoms with Gasteiger partial charge in [0.25, 0.3) is 0 Å². The average Bonchev–Trinajstić information content (AvgIpc) is 2.64. The number of rotatable bonds is 1. The van der Waals surface area contributed by atoms with E-state index in [1.807, 2.05) is 20.0 Å². The van der Waals surface area contributed by atoms with Gasteiger partial charge in [0.05, 0.1) is 17.6 Å². The fraction of sp³-hybridized carbons (Fsp3) is 0.600. The van der Waals surface area contributed by atoms with Crippen LogP contribution in [0.5, 0.6) is 0 Å². The van der Waals surface area contributed by atoms with Crippen LogP contribution in [0.25, 0.3) is 0 Å². The zero-order valence-corrected chi connectivity index (χ0v) is 8.62. The molecule has 0 saturated heterocycles. The van der Waals surface area contributed by atoms with Crippen molar-refractivity contribution < 1.29 is 0 Å². The van der Waals surface area contributed by atoms with Crippen LogP contribution in [0.15, 0.2) is 12.5 Å². The molecular weight excluding hydrogens is 162 g/mol. The maximum absolute atomic E-state index is 4.20. The molecule has 1 aliphatic rings. The fourth-order valence-corrected chi connectivity index (χ4v) is 1.49. The van der Waals surface area contributed by atoms with Gasteiger partial charge in [0.1, 0.15) is 6.33 Å². The van der Waals surface area contributed by atoms with E-state index in [4.69, 9.17) is 0 Å². The first-order valence-electron chi connectivity index (χ1n) is 4.95. The zero-order chi connectivity index (χ0) is 9.68. The summed E-state index contributed by atoms with van der Waals surface area (Å²) in [5.41, 5.74) is 2.41. The Morgan fingerprint density at radius 2 is 2.23 bits per heavy atom. The molecule has 2 heterocycles. The van der Waals surface area contributed by atoms with Crippen LogP contribution in [0.4, 0.5) is 5.69 Å². The first kappa shape index (κ1) is 9.96. The Morgan fingerprint density at radius 3 is 2.92 bits per heavy atom. The number of hydrogen-bond acceptors (Lipinski definition) is 3. The van der Waals surface area contributed by atoms with E-state index in [1.165, 1.54) is 11.4 Å². The van der Waals surface area contributed by atoms with Crippen molar-refractivity contribution in [2.75, 3.05) is 18.0 Å². The largest absolute Gasteiger partial charge is 0.369 e. The predicted molar refractivity (Wildman–Crippen MR) is 55.0 cm³/mol. The summed E-state index contributed by atoms with van der Waals surface area (Å²) in [5, 5.41) is 0. The molecule has 3 nitrogen and oxygen atoms in total. The van der Waals surface area contributed by atoms with E-state index in [2.05, 4.69) is 21.8 Å². The molecule has 0 atom stereocenters. The second-order valence-electron chi connectivity index (χ2n) is 2.68. The van der Waals surface area contributed by atoms with Crippen molar-refractivity contribution >= 4 is 5.69 Å². The molecule has 0 unspecified atom stereocenters. The minimum atomic E-state index is 1.06. The van der Waals surface area contributed by atoms with Gasteiger partial charge in [-0.2, -0.15) is 0 Å². The Kier molecular flexibility index (Phi) is 3.68. The quantitative estimate of drug-likeness (QED) is 0.659. The van der Waals surface area contributed by atoms with Crippen molar-refractivity contribution in [3.05, 3.63) is 18.2 Å². The molecule has 3 heteroatoms. The predicted octanol–water partition coefficient (Wildman–Crippen LogP) is 1.89. The molecule has 0 amide bonds. The summed E-state index contributed by atoms with van der Waals surface area (Å²) >= 11 is 0. The summed E-state index contributed by atoms with van der Waals surface area (Å²) in [6.07, 6.45) is 4.60. The van der Waals surface area contributed by atoms with Crippen molar-refractivity contribution in [2.24, 2.45) is 0 Å². The number of nitrogens with zero attached hydrogens (tertiary/aromatic N) is 3. The molecule has 1 aromatic rings. The van der Waals surface area contributed by atoms with Crippen LogP contribution in [0.2, 0.25) is 0 Å². The second-order valence-corrected chi connectivity index (χ2v) is 2.68. The second kappa shape index (κ2) is 4.80. The van der Waals surface area contributed by atoms with Crippen LogP contribution < -0.4 is 4.90 Å². The lowest BCUT2D eigenvalue weighted by Gasteiger charge is -2.14. The highest BCUT2D eigenvalue weighted by molar-refractivity contribution is 5.52. The summed E-state index contributed by atoms with van der Waals surface area (Å²) in [5.74, 6) is 0. The summed E-state index contributed by atoms with van der Waals surface area (Å²) < 4.78 is 0. The first-order valence-corrected chi connectivity index (χ1v) is 4.95. The maximum Gasteiger partial charge on any atom is 0.115 e. The van der Waals surface area contributed by atoms with Gasteiger partial charge in [-0.15, -0.1) is 0 Å². The maximum atomic E-state index is 4.20. The molecule has 0 bridgehead atoms. The number of hydrogen-bond donors (Lipinski definition) is 0. The fourth-order valence-electron chi connectivity index (χ4n) is 1.49. The van der Waals surface area contributed by atoms with Crippen LogP contribution in [-0.4, -0.2) is 23.1 Å². The lowest BCUT2D eigenvalue weighted by Crippen LogP contribution is -2.19. The normalized spacial score (nSPS) is 13.3. The molecule has 0 aromatic carbocycles. The van der Waals surface area contributed by atoms with Crippen LogP contribution >= 0.6 is 0 Å². The van der Waals surface area contributed by atoms with Crippen molar-refractivity contribution in [2.45, 2.75) is 27.2 Å². The molecule has 13 heavy (non-hydrogen) atoms. The Balaban J connectivity index is 0.000000396. The van der Waals surface area contributed by atoms with E-state index < -0.39 is 0 Å². The molecule has 0 fully saturated rings. The van der Waals surface area contributed by atoms with Gasteiger partial charge < -0.3 is 4.90 Å². The van der Waals surface area contributed by atoms with Crippen molar-refractivity contribution in [1.82, 2.24) is 9.97 Å². The minimum absolute atomic E-state index is 1.06. The Labute approximate surface area is 79.8 Å². The van der Waals surface area contributed by atoms with Crippen molar-refractivity contribution in [3.8, 4) is 0 Å². The molecule has 0 saturated carbocycles. The van der Waals surface area contributed by atoms with Gasteiger partial charge >= 0.3 is 0 Å². The molecule has 1 aliphatic heterocycles. The third-order valence-electron chi connectivity index (χ3n) is 2.11. The van der Waals surface area contributed by atoms with Gasteiger partial charge in [0, 0.05) is 19.5 Å². The SMILES string of the molecule is CC.CCN1CCc2ncncc21. The van der Waals surface area contributed by atoms with Gasteiger partial charge in [0.2, 0.25) is 0 Å². The van der Waals surface area contributed by atoms with Crippen molar-refractivity contribution in [1.29, 1.82) is 0 Å². The van der Waals surface area contributed by atoms with E-state index in [-0.39, 0.29) is 0 Å². The smallest absolute Gasteiger partial charge is 0.115 e. The third-order valence-corrected chi connectivity index (χ3v) is 2.11. The van der Waals surface area contributed by atoms with Crippen LogP contribution in [0, 0.1) is 0 Å². The Hall–Kier alpha value is -1.12. The molecule has 0 aliphatic carbocycles. The van der Waals surface area contributed by atoms with E-state index in [0.29, 0.717) is 0 Å². The molecule has 2 rings (SSSR count). The third kappa shape index (κ3) is 1.97. The van der Waals surface area contributed by atoms with Crippen LogP contribution in [-0.2, 0) is 6.42 Å². The summed E-state index contributed by atoms with van der Waals surface area (Å²) in [7, 11) is 0. The average molecular weight is 179 g/mol. The van der Waals surface area contributed by atoms with Gasteiger partial charge in [-0.25, -0.2) is 9.97 Å². The number of aromatic nitrogens is 2. The first-order chi connectivity index (χ1) is 6.42. The number of anilines is 1. The van der Waals surface area contributed by atoms with Crippen molar-refractivity contribution in [3.63, 3.8) is 0 Å². The minimum Gasteiger partial charge on any atom is -0.369 e. The summed E-state index contributed by atoms with van der Waals surface area (Å²) in [6, 6.07) is 0. The topological polar surface area (TPSA) is 29.0 Å². The number of likely N-dealkylation sites (N-methyl/N-ethyl adjacent to an activating group) is 1. The molecule has 0 radical (unpaired) electrons. The van der Waals surface area contributed by atoms with E-state index in [0.717, 1.165) is 19.5 Å². The highest BCUT2D eigenvalue weighted by Crippen LogP contribution is 2.23. The van der Waals surface area contributed by atoms with Crippen LogP contribution in [0.3, 0.4) is 0 Å². The monoisotopic (exact) mass is 179 g/mol. The zero-order valence-electron chi connectivity index (χ0n) is 8.62. The van der Waals surface area contributed by atoms with Gasteiger partial charge in [-0.1, -0.05) is 13.8 Å². The molecule has 0 N–H and O–H groups in total. The van der Waals surface area contributed by atoms with Gasteiger partial charge in [0.15, 0.2) is 0 Å². The Morgan fingerprint density at radius 1 is 1.46 bits per heavy atom. The lowest BCUT2D eigenvalue weighted by atomic mass is 10.3. The van der Waals surface area contributed by atoms with E-state index >= 15 is 0 Å². The van der Waals surface area contributed by atoms with Gasteiger partial charge in [-0.05, 0) is 6.92 Å².